The lowest BCUT2D eigenvalue weighted by atomic mass is 10.1. The second-order valence-electron chi connectivity index (χ2n) is 4.57. The number of carbonyl (C=O) groups excluding carboxylic acids is 1. The van der Waals surface area contributed by atoms with Gasteiger partial charge in [0.1, 0.15) is 12.4 Å². The lowest BCUT2D eigenvalue weighted by Crippen LogP contribution is -2.19. The molecule has 3 heteroatoms. The molecule has 0 amide bonds. The first kappa shape index (κ1) is 12.9. The molecule has 0 aliphatic carbocycles. The van der Waals surface area contributed by atoms with Crippen molar-refractivity contribution in [2.24, 2.45) is 0 Å². The minimum atomic E-state index is 0.156. The highest BCUT2D eigenvalue weighted by molar-refractivity contribution is 7.17. The zero-order valence-electron chi connectivity index (χ0n) is 10.9. The summed E-state index contributed by atoms with van der Waals surface area (Å²) in [5.41, 5.74) is 1.00. The van der Waals surface area contributed by atoms with E-state index in [9.17, 15) is 4.79 Å². The molecule has 0 saturated carbocycles. The van der Waals surface area contributed by atoms with Gasteiger partial charge in [-0.2, -0.15) is 0 Å². The quantitative estimate of drug-likeness (QED) is 0.620. The van der Waals surface area contributed by atoms with Crippen molar-refractivity contribution in [1.82, 2.24) is 0 Å². The van der Waals surface area contributed by atoms with E-state index in [1.54, 1.807) is 11.3 Å². The third-order valence-electron chi connectivity index (χ3n) is 3.11. The fourth-order valence-corrected chi connectivity index (χ4v) is 2.91. The highest BCUT2D eigenvalue weighted by atomic mass is 32.1. The molecule has 0 spiro atoms. The van der Waals surface area contributed by atoms with Crippen molar-refractivity contribution in [2.75, 3.05) is 6.61 Å². The number of thiophene rings is 1. The van der Waals surface area contributed by atoms with E-state index in [0.717, 1.165) is 11.3 Å². The number of hydrogen-bond acceptors (Lipinski definition) is 3. The average molecular weight is 282 g/mol. The fourth-order valence-electron chi connectivity index (χ4n) is 2.12. The average Bonchev–Trinajstić information content (AvgIpc) is 2.96. The van der Waals surface area contributed by atoms with Gasteiger partial charge in [0.15, 0.2) is 5.78 Å². The number of ether oxygens (including phenoxy) is 1. The maximum atomic E-state index is 10.9. The Bertz CT molecular complexity index is 700. The molecule has 3 aromatic rings. The Morgan fingerprint density at radius 1 is 0.950 bits per heavy atom. The summed E-state index contributed by atoms with van der Waals surface area (Å²) in [5.74, 6) is 1.01. The molecule has 0 saturated heterocycles. The zero-order valence-corrected chi connectivity index (χ0v) is 11.7. The van der Waals surface area contributed by atoms with Gasteiger partial charge < -0.3 is 4.74 Å². The first-order valence-corrected chi connectivity index (χ1v) is 7.35. The number of para-hydroxylation sites is 1. The van der Waals surface area contributed by atoms with Crippen LogP contribution in [0.4, 0.5) is 0 Å². The predicted molar refractivity (Wildman–Crippen MR) is 82.5 cm³/mol. The van der Waals surface area contributed by atoms with E-state index in [2.05, 4.69) is 35.7 Å². The van der Waals surface area contributed by atoms with Crippen LogP contribution in [0.1, 0.15) is 5.56 Å². The Morgan fingerprint density at radius 3 is 2.65 bits per heavy atom. The number of fused-ring (bicyclic) bond motifs is 2. The molecule has 0 atom stereocenters. The standard InChI is InChI=1S/C9H8O2.C8H6S/c10-8-5-7-3-1-2-4-9(7)11-6-8;1-2-4-8-7(3-1)5-6-9-8/h1-4H,5-6H2;1-6H. The minimum absolute atomic E-state index is 0.156. The summed E-state index contributed by atoms with van der Waals surface area (Å²) in [5, 5.41) is 3.47. The molecular weight excluding hydrogens is 268 g/mol. The van der Waals surface area contributed by atoms with Gasteiger partial charge in [-0.15, -0.1) is 11.3 Å². The Labute approximate surface area is 121 Å². The number of carbonyl (C=O) groups is 1. The van der Waals surface area contributed by atoms with Crippen LogP contribution in [0.5, 0.6) is 5.75 Å². The molecule has 4 rings (SSSR count). The maximum absolute atomic E-state index is 10.9. The molecule has 0 fully saturated rings. The topological polar surface area (TPSA) is 26.3 Å². The summed E-state index contributed by atoms with van der Waals surface area (Å²) in [6.45, 7) is 0.233. The monoisotopic (exact) mass is 282 g/mol. The number of ketones is 1. The first-order valence-electron chi connectivity index (χ1n) is 6.47. The summed E-state index contributed by atoms with van der Waals surface area (Å²) in [6.07, 6.45) is 0.524. The normalized spacial score (nSPS) is 13.1. The molecular formula is C17H14O2S. The van der Waals surface area contributed by atoms with Crippen molar-refractivity contribution in [1.29, 1.82) is 0 Å². The van der Waals surface area contributed by atoms with Gasteiger partial charge in [-0.05, 0) is 29.0 Å². The summed E-state index contributed by atoms with van der Waals surface area (Å²) in [6, 6.07) is 18.2. The Hall–Kier alpha value is -2.13. The molecule has 1 aliphatic rings. The van der Waals surface area contributed by atoms with E-state index in [0.29, 0.717) is 6.42 Å². The molecule has 0 bridgehead atoms. The van der Waals surface area contributed by atoms with E-state index < -0.39 is 0 Å². The lowest BCUT2D eigenvalue weighted by molar-refractivity contribution is -0.121. The maximum Gasteiger partial charge on any atom is 0.174 e. The molecule has 0 radical (unpaired) electrons. The highest BCUT2D eigenvalue weighted by Crippen LogP contribution is 2.21. The SMILES string of the molecule is O=C1COc2ccccc2C1.c1ccc2sccc2c1. The van der Waals surface area contributed by atoms with Crippen molar-refractivity contribution in [3.63, 3.8) is 0 Å². The minimum Gasteiger partial charge on any atom is -0.486 e. The molecule has 1 aromatic heterocycles. The first-order chi connectivity index (χ1) is 9.83. The van der Waals surface area contributed by atoms with Crippen molar-refractivity contribution in [3.05, 3.63) is 65.5 Å². The van der Waals surface area contributed by atoms with Crippen LogP contribution in [0, 0.1) is 0 Å². The second kappa shape index (κ2) is 5.88. The summed E-state index contributed by atoms with van der Waals surface area (Å²) >= 11 is 1.79. The summed E-state index contributed by atoms with van der Waals surface area (Å²) in [4.78, 5) is 10.9. The van der Waals surface area contributed by atoms with Gasteiger partial charge in [-0.1, -0.05) is 36.4 Å². The third kappa shape index (κ3) is 2.89. The predicted octanol–water partition coefficient (Wildman–Crippen LogP) is 4.09. The van der Waals surface area contributed by atoms with Gasteiger partial charge in [-0.3, -0.25) is 4.79 Å². The molecule has 2 heterocycles. The van der Waals surface area contributed by atoms with Gasteiger partial charge in [0.2, 0.25) is 0 Å². The number of Topliss-reactive ketones (excluding diaryl/α,β-unsaturated/α-hetero) is 1. The number of rotatable bonds is 0. The van der Waals surface area contributed by atoms with Gasteiger partial charge in [-0.25, -0.2) is 0 Å². The van der Waals surface area contributed by atoms with Crippen LogP contribution >= 0.6 is 11.3 Å². The Balaban J connectivity index is 0.000000123. The summed E-state index contributed by atoms with van der Waals surface area (Å²) in [7, 11) is 0. The zero-order chi connectivity index (χ0) is 13.8. The van der Waals surface area contributed by atoms with Crippen LogP contribution in [0.2, 0.25) is 0 Å². The van der Waals surface area contributed by atoms with Crippen LogP contribution in [-0.2, 0) is 11.2 Å². The molecule has 1 aliphatic heterocycles. The lowest BCUT2D eigenvalue weighted by Gasteiger charge is -2.14. The smallest absolute Gasteiger partial charge is 0.174 e. The number of benzene rings is 2. The van der Waals surface area contributed by atoms with Crippen LogP contribution in [0.3, 0.4) is 0 Å². The molecule has 0 N–H and O–H groups in total. The molecule has 2 nitrogen and oxygen atoms in total. The van der Waals surface area contributed by atoms with E-state index in [1.165, 1.54) is 10.1 Å². The Morgan fingerprint density at radius 2 is 1.75 bits per heavy atom. The van der Waals surface area contributed by atoms with Gasteiger partial charge in [0.05, 0.1) is 0 Å². The van der Waals surface area contributed by atoms with Crippen molar-refractivity contribution in [2.45, 2.75) is 6.42 Å². The third-order valence-corrected chi connectivity index (χ3v) is 4.01. The van der Waals surface area contributed by atoms with Crippen molar-refractivity contribution < 1.29 is 9.53 Å². The van der Waals surface area contributed by atoms with Crippen LogP contribution in [0.15, 0.2) is 60.0 Å². The molecule has 0 unspecified atom stereocenters. The highest BCUT2D eigenvalue weighted by Gasteiger charge is 2.14. The van der Waals surface area contributed by atoms with Gasteiger partial charge in [0, 0.05) is 16.7 Å². The molecule has 100 valence electrons. The van der Waals surface area contributed by atoms with Gasteiger partial charge in [0.25, 0.3) is 0 Å². The van der Waals surface area contributed by atoms with Crippen LogP contribution < -0.4 is 4.74 Å². The largest absolute Gasteiger partial charge is 0.486 e. The second-order valence-corrected chi connectivity index (χ2v) is 5.52. The molecule has 2 aromatic carbocycles. The molecule has 20 heavy (non-hydrogen) atoms. The van der Waals surface area contributed by atoms with Crippen molar-refractivity contribution >= 4 is 27.2 Å². The van der Waals surface area contributed by atoms with E-state index in [-0.39, 0.29) is 12.4 Å². The Kier molecular flexibility index (Phi) is 3.79. The van der Waals surface area contributed by atoms with Crippen LogP contribution in [0.25, 0.3) is 10.1 Å². The van der Waals surface area contributed by atoms with Gasteiger partial charge >= 0.3 is 0 Å². The van der Waals surface area contributed by atoms with Crippen LogP contribution in [-0.4, -0.2) is 12.4 Å². The fraction of sp³-hybridized carbons (Fsp3) is 0.118. The van der Waals surface area contributed by atoms with E-state index in [1.807, 2.05) is 24.3 Å². The van der Waals surface area contributed by atoms with E-state index >= 15 is 0 Å². The number of hydrogen-bond donors (Lipinski definition) is 0. The summed E-state index contributed by atoms with van der Waals surface area (Å²) < 4.78 is 6.56. The van der Waals surface area contributed by atoms with Crippen molar-refractivity contribution in [3.8, 4) is 5.75 Å². The van der Waals surface area contributed by atoms with E-state index in [4.69, 9.17) is 4.74 Å².